The van der Waals surface area contributed by atoms with Crippen molar-refractivity contribution >= 4 is 51.5 Å². The van der Waals surface area contributed by atoms with E-state index < -0.39 is 0 Å². The van der Waals surface area contributed by atoms with E-state index in [-0.39, 0.29) is 28.5 Å². The molecule has 49 heavy (non-hydrogen) atoms. The van der Waals surface area contributed by atoms with Gasteiger partial charge in [0.05, 0.1) is 5.54 Å². The Kier molecular flexibility index (Phi) is 7.56. The van der Waals surface area contributed by atoms with Gasteiger partial charge in [0, 0.05) is 28.4 Å². The molecule has 5 aromatic rings. The van der Waals surface area contributed by atoms with Gasteiger partial charge >= 0.3 is 0 Å². The van der Waals surface area contributed by atoms with Gasteiger partial charge in [-0.1, -0.05) is 129 Å². The molecule has 0 bridgehead atoms. The van der Waals surface area contributed by atoms with Crippen molar-refractivity contribution in [1.29, 1.82) is 0 Å². The van der Waals surface area contributed by atoms with Gasteiger partial charge < -0.3 is 9.80 Å². The minimum Gasteiger partial charge on any atom is -0.333 e. The number of hydrogen-bond acceptors (Lipinski definition) is 2. The lowest BCUT2D eigenvalue weighted by Crippen LogP contribution is -2.63. The molecule has 0 radical (unpaired) electrons. The zero-order valence-corrected chi connectivity index (χ0v) is 31.8. The summed E-state index contributed by atoms with van der Waals surface area (Å²) in [6, 6.07) is 39.8. The van der Waals surface area contributed by atoms with Crippen LogP contribution in [0.25, 0.3) is 0 Å². The van der Waals surface area contributed by atoms with Crippen LogP contribution in [0.15, 0.2) is 103 Å². The lowest BCUT2D eigenvalue weighted by atomic mass is 9.33. The van der Waals surface area contributed by atoms with Gasteiger partial charge in [0.1, 0.15) is 0 Å². The van der Waals surface area contributed by atoms with Gasteiger partial charge in [-0.05, 0) is 118 Å². The van der Waals surface area contributed by atoms with E-state index in [4.69, 9.17) is 0 Å². The Bertz CT molecular complexity index is 2050. The summed E-state index contributed by atoms with van der Waals surface area (Å²) in [5.74, 6) is 0. The predicted molar refractivity (Wildman–Crippen MR) is 215 cm³/mol. The first kappa shape index (κ1) is 33.3. The van der Waals surface area contributed by atoms with E-state index in [0.29, 0.717) is 0 Å². The van der Waals surface area contributed by atoms with E-state index in [9.17, 15) is 0 Å². The third-order valence-electron chi connectivity index (χ3n) is 11.0. The number of anilines is 5. The van der Waals surface area contributed by atoms with Gasteiger partial charge in [0.15, 0.2) is 0 Å². The maximum atomic E-state index is 2.66. The van der Waals surface area contributed by atoms with E-state index >= 15 is 0 Å². The van der Waals surface area contributed by atoms with E-state index in [1.54, 1.807) is 0 Å². The number of benzene rings is 5. The van der Waals surface area contributed by atoms with Crippen LogP contribution in [0.2, 0.25) is 0 Å². The summed E-state index contributed by atoms with van der Waals surface area (Å²) in [6.45, 7) is 28.0. The zero-order chi connectivity index (χ0) is 35.3. The number of nitrogens with zero attached hydrogens (tertiary/aromatic N) is 2. The highest BCUT2D eigenvalue weighted by Crippen LogP contribution is 2.47. The molecule has 2 aliphatic heterocycles. The van der Waals surface area contributed by atoms with Crippen molar-refractivity contribution in [2.45, 2.75) is 105 Å². The summed E-state index contributed by atoms with van der Waals surface area (Å²) in [5.41, 5.74) is 17.0. The number of hydrogen-bond donors (Lipinski definition) is 0. The van der Waals surface area contributed by atoms with Crippen molar-refractivity contribution in [3.8, 4) is 0 Å². The van der Waals surface area contributed by atoms with Crippen LogP contribution in [0.5, 0.6) is 0 Å². The summed E-state index contributed by atoms with van der Waals surface area (Å²) in [5, 5.41) is 0. The summed E-state index contributed by atoms with van der Waals surface area (Å²) >= 11 is 0. The second-order valence-electron chi connectivity index (χ2n) is 18.1. The lowest BCUT2D eigenvalue weighted by molar-refractivity contribution is 0.535. The Morgan fingerprint density at radius 3 is 1.49 bits per heavy atom. The molecule has 0 aromatic heterocycles. The van der Waals surface area contributed by atoms with Crippen molar-refractivity contribution in [2.75, 3.05) is 9.80 Å². The molecule has 2 aliphatic rings. The Morgan fingerprint density at radius 1 is 0.449 bits per heavy atom. The topological polar surface area (TPSA) is 6.48 Å². The van der Waals surface area contributed by atoms with Crippen molar-refractivity contribution in [1.82, 2.24) is 0 Å². The monoisotopic (exact) mass is 644 g/mol. The molecule has 2 nitrogen and oxygen atoms in total. The molecule has 0 N–H and O–H groups in total. The van der Waals surface area contributed by atoms with Crippen LogP contribution in [0.4, 0.5) is 28.4 Å². The third-order valence-corrected chi connectivity index (χ3v) is 11.0. The van der Waals surface area contributed by atoms with Crippen LogP contribution in [0.3, 0.4) is 0 Å². The third kappa shape index (κ3) is 5.50. The average Bonchev–Trinajstić information content (AvgIpc) is 3.03. The molecule has 0 saturated carbocycles. The maximum absolute atomic E-state index is 2.66. The normalized spacial score (nSPS) is 14.4. The van der Waals surface area contributed by atoms with Crippen molar-refractivity contribution in [3.63, 3.8) is 0 Å². The summed E-state index contributed by atoms with van der Waals surface area (Å²) in [6.07, 6.45) is 0. The van der Waals surface area contributed by atoms with Crippen LogP contribution in [-0.2, 0) is 21.8 Å². The molecule has 3 heteroatoms. The molecule has 0 fully saturated rings. The van der Waals surface area contributed by atoms with Crippen molar-refractivity contribution < 1.29 is 0 Å². The standard InChI is InChI=1S/C46H53BN2/c1-30-26-40-42-41(27-30)49(46(11,12)32-16-14-13-15-17-32)39-29-34(45(8,9)10)21-25-37(39)47(42)36-24-20-33(44(5,6)7)28-38(36)48(40)35-22-18-31(19-23-35)43(2,3)4/h13-29H,1-12H3. The van der Waals surface area contributed by atoms with Crippen LogP contribution in [-0.4, -0.2) is 6.71 Å². The van der Waals surface area contributed by atoms with E-state index in [1.165, 1.54) is 72.6 Å². The van der Waals surface area contributed by atoms with Gasteiger partial charge in [-0.15, -0.1) is 0 Å². The van der Waals surface area contributed by atoms with Crippen molar-refractivity contribution in [3.05, 3.63) is 131 Å². The number of rotatable bonds is 3. The van der Waals surface area contributed by atoms with Gasteiger partial charge in [-0.25, -0.2) is 0 Å². The minimum atomic E-state index is -0.311. The highest BCUT2D eigenvalue weighted by atomic mass is 15.2. The summed E-state index contributed by atoms with van der Waals surface area (Å²) < 4.78 is 0. The first-order valence-corrected chi connectivity index (χ1v) is 18.1. The average molecular weight is 645 g/mol. The minimum absolute atomic E-state index is 0.0252. The summed E-state index contributed by atoms with van der Waals surface area (Å²) in [7, 11) is 0. The van der Waals surface area contributed by atoms with Crippen LogP contribution < -0.4 is 26.2 Å². The van der Waals surface area contributed by atoms with Crippen LogP contribution >= 0.6 is 0 Å². The fraction of sp³-hybridized carbons (Fsp3) is 0.348. The molecule has 2 heterocycles. The SMILES string of the molecule is Cc1cc2c3c(c1)N(C(C)(C)c1ccccc1)c1cc(C(C)(C)C)ccc1B3c1ccc(C(C)(C)C)cc1N2c1ccc(C(C)(C)C)cc1. The molecule has 0 amide bonds. The quantitative estimate of drug-likeness (QED) is 0.177. The zero-order valence-electron chi connectivity index (χ0n) is 31.8. The fourth-order valence-electron chi connectivity index (χ4n) is 8.03. The lowest BCUT2D eigenvalue weighted by Gasteiger charge is -2.50. The molecule has 250 valence electrons. The van der Waals surface area contributed by atoms with Gasteiger partial charge in [0.25, 0.3) is 6.71 Å². The molecular weight excluding hydrogens is 591 g/mol. The molecule has 5 aromatic carbocycles. The molecule has 0 spiro atoms. The molecule has 0 saturated heterocycles. The maximum Gasteiger partial charge on any atom is 0.252 e. The molecule has 7 rings (SSSR count). The van der Waals surface area contributed by atoms with Crippen molar-refractivity contribution in [2.24, 2.45) is 0 Å². The highest BCUT2D eigenvalue weighted by Gasteiger charge is 2.46. The van der Waals surface area contributed by atoms with E-state index in [2.05, 4.69) is 196 Å². The molecular formula is C46H53BN2. The predicted octanol–water partition coefficient (Wildman–Crippen LogP) is 10.6. The Morgan fingerprint density at radius 2 is 0.939 bits per heavy atom. The first-order chi connectivity index (χ1) is 22.9. The van der Waals surface area contributed by atoms with Crippen LogP contribution in [0.1, 0.15) is 104 Å². The Balaban J connectivity index is 1.58. The number of fused-ring (bicyclic) bond motifs is 4. The first-order valence-electron chi connectivity index (χ1n) is 18.1. The van der Waals surface area contributed by atoms with E-state index in [1.807, 2.05) is 0 Å². The second-order valence-corrected chi connectivity index (χ2v) is 18.1. The van der Waals surface area contributed by atoms with Crippen LogP contribution in [0, 0.1) is 6.92 Å². The van der Waals surface area contributed by atoms with Gasteiger partial charge in [-0.2, -0.15) is 0 Å². The summed E-state index contributed by atoms with van der Waals surface area (Å²) in [4.78, 5) is 5.21. The number of aryl methyl sites for hydroxylation is 1. The highest BCUT2D eigenvalue weighted by molar-refractivity contribution is 7.00. The largest absolute Gasteiger partial charge is 0.333 e. The van der Waals surface area contributed by atoms with Gasteiger partial charge in [-0.3, -0.25) is 0 Å². The molecule has 0 unspecified atom stereocenters. The Labute approximate surface area is 296 Å². The van der Waals surface area contributed by atoms with E-state index in [0.717, 1.165) is 0 Å². The fourth-order valence-corrected chi connectivity index (χ4v) is 8.03. The molecule has 0 atom stereocenters. The Hall–Kier alpha value is -4.24. The smallest absolute Gasteiger partial charge is 0.252 e. The van der Waals surface area contributed by atoms with Gasteiger partial charge in [0.2, 0.25) is 0 Å². The molecule has 0 aliphatic carbocycles. The second kappa shape index (κ2) is 11.1.